The highest BCUT2D eigenvalue weighted by Gasteiger charge is 2.32. The zero-order valence-corrected chi connectivity index (χ0v) is 21.3. The monoisotopic (exact) mass is 508 g/mol. The summed E-state index contributed by atoms with van der Waals surface area (Å²) in [4.78, 5) is 18.9. The van der Waals surface area contributed by atoms with Gasteiger partial charge in [0.1, 0.15) is 17.5 Å². The first-order valence-corrected chi connectivity index (χ1v) is 12.5. The molecular formula is C29H28N6O3. The average Bonchev–Trinajstić information content (AvgIpc) is 3.41. The fraction of sp³-hybridized carbons (Fsp3) is 0.241. The van der Waals surface area contributed by atoms with Crippen LogP contribution in [0, 0.1) is 0 Å². The van der Waals surface area contributed by atoms with Crippen LogP contribution < -0.4 is 15.0 Å². The number of methoxy groups -OCH3 is 2. The highest BCUT2D eigenvalue weighted by atomic mass is 16.5. The summed E-state index contributed by atoms with van der Waals surface area (Å²) in [5, 5.41) is 13.7. The lowest BCUT2D eigenvalue weighted by atomic mass is 9.96. The molecule has 0 spiro atoms. The molecule has 6 rings (SSSR count). The van der Waals surface area contributed by atoms with Gasteiger partial charge in [0.25, 0.3) is 5.56 Å². The molecule has 3 heterocycles. The van der Waals surface area contributed by atoms with E-state index >= 15 is 0 Å². The summed E-state index contributed by atoms with van der Waals surface area (Å²) in [5.41, 5.74) is 4.79. The maximum absolute atomic E-state index is 13.5. The summed E-state index contributed by atoms with van der Waals surface area (Å²) in [5.74, 6) is 2.13. The van der Waals surface area contributed by atoms with Crippen LogP contribution in [0.4, 0.5) is 0 Å². The van der Waals surface area contributed by atoms with Crippen molar-refractivity contribution in [3.8, 4) is 11.5 Å². The summed E-state index contributed by atoms with van der Waals surface area (Å²) >= 11 is 0. The van der Waals surface area contributed by atoms with Gasteiger partial charge in [-0.1, -0.05) is 36.4 Å². The summed E-state index contributed by atoms with van der Waals surface area (Å²) in [7, 11) is 3.28. The minimum absolute atomic E-state index is 0.162. The lowest BCUT2D eigenvalue weighted by Gasteiger charge is -2.34. The molecule has 1 aliphatic heterocycles. The van der Waals surface area contributed by atoms with E-state index in [1.165, 1.54) is 11.1 Å². The van der Waals surface area contributed by atoms with Crippen LogP contribution in [0.2, 0.25) is 0 Å². The lowest BCUT2D eigenvalue weighted by molar-refractivity contribution is 0.194. The van der Waals surface area contributed by atoms with Crippen molar-refractivity contribution in [2.24, 2.45) is 0 Å². The average molecular weight is 509 g/mol. The quantitative estimate of drug-likeness (QED) is 0.358. The van der Waals surface area contributed by atoms with Gasteiger partial charge in [-0.2, -0.15) is 0 Å². The Kier molecular flexibility index (Phi) is 6.35. The van der Waals surface area contributed by atoms with Gasteiger partial charge in [0.2, 0.25) is 0 Å². The first-order valence-electron chi connectivity index (χ1n) is 12.5. The predicted molar refractivity (Wildman–Crippen MR) is 143 cm³/mol. The van der Waals surface area contributed by atoms with Crippen LogP contribution in [0.25, 0.3) is 10.9 Å². The topological polar surface area (TPSA) is 98.2 Å². The number of fused-ring (bicyclic) bond motifs is 2. The van der Waals surface area contributed by atoms with E-state index in [9.17, 15) is 4.79 Å². The van der Waals surface area contributed by atoms with Crippen molar-refractivity contribution in [2.75, 3.05) is 20.8 Å². The second kappa shape index (κ2) is 10.1. The molecule has 9 heteroatoms. The van der Waals surface area contributed by atoms with Crippen molar-refractivity contribution in [3.63, 3.8) is 0 Å². The third-order valence-electron chi connectivity index (χ3n) is 7.20. The number of nitrogens with zero attached hydrogens (tertiary/aromatic N) is 5. The van der Waals surface area contributed by atoms with Gasteiger partial charge in [-0.3, -0.25) is 9.69 Å². The van der Waals surface area contributed by atoms with Crippen LogP contribution in [0.3, 0.4) is 0 Å². The minimum atomic E-state index is -0.448. The van der Waals surface area contributed by atoms with Gasteiger partial charge in [-0.25, -0.2) is 4.68 Å². The van der Waals surface area contributed by atoms with Crippen LogP contribution in [0.15, 0.2) is 77.6 Å². The Balaban J connectivity index is 1.46. The first-order chi connectivity index (χ1) is 18.6. The molecule has 9 nitrogen and oxygen atoms in total. The van der Waals surface area contributed by atoms with Gasteiger partial charge in [0.05, 0.1) is 20.8 Å². The fourth-order valence-electron chi connectivity index (χ4n) is 5.19. The van der Waals surface area contributed by atoms with Crippen LogP contribution in [-0.2, 0) is 19.5 Å². The number of aromatic nitrogens is 5. The van der Waals surface area contributed by atoms with Crippen molar-refractivity contribution in [1.29, 1.82) is 0 Å². The van der Waals surface area contributed by atoms with Gasteiger partial charge in [0.15, 0.2) is 5.82 Å². The number of hydrogen-bond donors (Lipinski definition) is 1. The number of nitrogens with one attached hydrogen (secondary N) is 1. The standard InChI is InChI=1S/C29H28N6O3/c1-37-23-9-7-19(8-10-23)17-35-28(31-32-33-35)27(34-14-13-20-5-3-4-6-21(20)18-34)25-16-22-15-24(38-2)11-12-26(22)30-29(25)36/h3-12,15-16,27H,13-14,17-18H2,1-2H3,(H,30,36)/t27-/m1/s1. The van der Waals surface area contributed by atoms with E-state index in [1.807, 2.05) is 48.5 Å². The summed E-state index contributed by atoms with van der Waals surface area (Å²) < 4.78 is 12.5. The molecule has 0 amide bonds. The Labute approximate surface area is 219 Å². The van der Waals surface area contributed by atoms with Crippen molar-refractivity contribution in [3.05, 3.63) is 111 Å². The van der Waals surface area contributed by atoms with Gasteiger partial charge < -0.3 is 14.5 Å². The van der Waals surface area contributed by atoms with Crippen molar-refractivity contribution < 1.29 is 9.47 Å². The highest BCUT2D eigenvalue weighted by molar-refractivity contribution is 5.80. The smallest absolute Gasteiger partial charge is 0.253 e. The molecule has 0 bridgehead atoms. The molecule has 2 aromatic heterocycles. The van der Waals surface area contributed by atoms with E-state index in [2.05, 4.69) is 49.7 Å². The highest BCUT2D eigenvalue weighted by Crippen LogP contribution is 2.32. The maximum atomic E-state index is 13.5. The summed E-state index contributed by atoms with van der Waals surface area (Å²) in [6.07, 6.45) is 0.881. The molecule has 0 fully saturated rings. The Morgan fingerprint density at radius 2 is 1.71 bits per heavy atom. The van der Waals surface area contributed by atoms with Crippen molar-refractivity contribution in [1.82, 2.24) is 30.1 Å². The second-order valence-corrected chi connectivity index (χ2v) is 9.44. The Morgan fingerprint density at radius 3 is 2.50 bits per heavy atom. The van der Waals surface area contributed by atoms with Gasteiger partial charge >= 0.3 is 0 Å². The van der Waals surface area contributed by atoms with Crippen LogP contribution in [-0.4, -0.2) is 50.9 Å². The van der Waals surface area contributed by atoms with Crippen LogP contribution in [0.5, 0.6) is 11.5 Å². The molecule has 0 radical (unpaired) electrons. The molecule has 0 unspecified atom stereocenters. The van der Waals surface area contributed by atoms with Gasteiger partial charge in [-0.15, -0.1) is 5.10 Å². The molecule has 0 saturated heterocycles. The van der Waals surface area contributed by atoms with Gasteiger partial charge in [-0.05, 0) is 69.9 Å². The third kappa shape index (κ3) is 4.52. The molecular weight excluding hydrogens is 480 g/mol. The van der Waals surface area contributed by atoms with Crippen molar-refractivity contribution in [2.45, 2.75) is 25.6 Å². The number of H-pyrrole nitrogens is 1. The SMILES string of the molecule is COc1ccc(Cn2nnnc2[C@@H](c2cc3cc(OC)ccc3[nH]c2=O)N2CCc3ccccc3C2)cc1. The van der Waals surface area contributed by atoms with E-state index in [1.54, 1.807) is 18.9 Å². The van der Waals surface area contributed by atoms with Crippen LogP contribution >= 0.6 is 0 Å². The number of tetrazole rings is 1. The minimum Gasteiger partial charge on any atom is -0.497 e. The molecule has 38 heavy (non-hydrogen) atoms. The van der Waals surface area contributed by atoms with Gasteiger partial charge in [0, 0.05) is 29.6 Å². The van der Waals surface area contributed by atoms with E-state index < -0.39 is 6.04 Å². The molecule has 0 aliphatic carbocycles. The van der Waals surface area contributed by atoms with Crippen LogP contribution in [0.1, 0.15) is 34.1 Å². The zero-order chi connectivity index (χ0) is 26.1. The number of ether oxygens (including phenoxy) is 2. The maximum Gasteiger partial charge on any atom is 0.253 e. The molecule has 0 saturated carbocycles. The number of hydrogen-bond acceptors (Lipinski definition) is 7. The third-order valence-corrected chi connectivity index (χ3v) is 7.20. The van der Waals surface area contributed by atoms with E-state index in [4.69, 9.17) is 9.47 Å². The Morgan fingerprint density at radius 1 is 0.947 bits per heavy atom. The second-order valence-electron chi connectivity index (χ2n) is 9.44. The molecule has 1 atom stereocenters. The van der Waals surface area contributed by atoms with E-state index in [0.29, 0.717) is 24.5 Å². The molecule has 192 valence electrons. The molecule has 3 aromatic carbocycles. The number of rotatable bonds is 7. The Hall–Kier alpha value is -4.50. The normalized spacial score (nSPS) is 14.3. The molecule has 1 aliphatic rings. The zero-order valence-electron chi connectivity index (χ0n) is 21.3. The largest absolute Gasteiger partial charge is 0.497 e. The van der Waals surface area contributed by atoms with E-state index in [0.717, 1.165) is 40.9 Å². The first kappa shape index (κ1) is 23.9. The number of pyridine rings is 1. The molecule has 5 aromatic rings. The summed E-state index contributed by atoms with van der Waals surface area (Å²) in [6.45, 7) is 1.92. The number of benzene rings is 3. The number of aromatic amines is 1. The summed E-state index contributed by atoms with van der Waals surface area (Å²) in [6, 6.07) is 23.4. The molecule has 1 N–H and O–H groups in total. The predicted octanol–water partition coefficient (Wildman–Crippen LogP) is 3.73. The van der Waals surface area contributed by atoms with Crippen molar-refractivity contribution >= 4 is 10.9 Å². The Bertz CT molecular complexity index is 1640. The van der Waals surface area contributed by atoms with E-state index in [-0.39, 0.29) is 5.56 Å². The lowest BCUT2D eigenvalue weighted by Crippen LogP contribution is -2.38. The fourth-order valence-corrected chi connectivity index (χ4v) is 5.19.